The lowest BCUT2D eigenvalue weighted by Gasteiger charge is -2.19. The Balaban J connectivity index is 1.07. The van der Waals surface area contributed by atoms with E-state index in [0.29, 0.717) is 0 Å². The minimum atomic E-state index is 1.22. The van der Waals surface area contributed by atoms with Gasteiger partial charge in [-0.05, 0) is 147 Å². The lowest BCUT2D eigenvalue weighted by Crippen LogP contribution is -2.08. The maximum atomic E-state index is 2.48. The molecule has 5 rings (SSSR count). The van der Waals surface area contributed by atoms with Gasteiger partial charge in [0.1, 0.15) is 0 Å². The second kappa shape index (κ2) is 9.65. The zero-order chi connectivity index (χ0) is 21.9. The molecule has 0 aromatic heterocycles. The molecule has 3 aromatic carbocycles. The average Bonchev–Trinajstić information content (AvgIpc) is 2.74. The van der Waals surface area contributed by atoms with Crippen LogP contribution in [0.25, 0.3) is 0 Å². The van der Waals surface area contributed by atoms with Gasteiger partial charge in [-0.15, -0.1) is 0 Å². The third kappa shape index (κ3) is 4.85. The molecule has 0 unspecified atom stereocenters. The topological polar surface area (TPSA) is 0 Å². The highest BCUT2D eigenvalue weighted by Crippen LogP contribution is 2.26. The molecular weight excluding hydrogens is 384 g/mol. The number of aryl methyl sites for hydroxylation is 10. The van der Waals surface area contributed by atoms with Crippen molar-refractivity contribution in [3.05, 3.63) is 104 Å². The minimum absolute atomic E-state index is 1.22. The van der Waals surface area contributed by atoms with Gasteiger partial charge in [-0.3, -0.25) is 0 Å². The Morgan fingerprint density at radius 3 is 1.25 bits per heavy atom. The van der Waals surface area contributed by atoms with Crippen LogP contribution < -0.4 is 0 Å². The van der Waals surface area contributed by atoms with Gasteiger partial charge in [0.2, 0.25) is 0 Å². The van der Waals surface area contributed by atoms with E-state index in [0.717, 1.165) is 0 Å². The molecule has 0 bridgehead atoms. The number of benzene rings is 3. The van der Waals surface area contributed by atoms with Gasteiger partial charge < -0.3 is 0 Å². The van der Waals surface area contributed by atoms with Gasteiger partial charge in [0.05, 0.1) is 0 Å². The molecule has 0 heteroatoms. The SMILES string of the molecule is Cc1cc(CCCCc2ccc3c(c2)CC3)c(C)cc1CCCCc1ccc2c(c1)CC2. The fraction of sp³-hybridized carbons (Fsp3) is 0.438. The van der Waals surface area contributed by atoms with Crippen molar-refractivity contribution < 1.29 is 0 Å². The van der Waals surface area contributed by atoms with E-state index in [1.807, 2.05) is 0 Å². The predicted octanol–water partition coefficient (Wildman–Crippen LogP) is 7.63. The zero-order valence-electron chi connectivity index (χ0n) is 20.1. The molecule has 2 aliphatic carbocycles. The molecule has 0 fully saturated rings. The van der Waals surface area contributed by atoms with Crippen LogP contribution in [0.15, 0.2) is 48.5 Å². The molecular formula is C32H38. The van der Waals surface area contributed by atoms with E-state index in [9.17, 15) is 0 Å². The van der Waals surface area contributed by atoms with Crippen molar-refractivity contribution in [2.75, 3.05) is 0 Å². The summed E-state index contributed by atoms with van der Waals surface area (Å²) in [5, 5.41) is 0. The summed E-state index contributed by atoms with van der Waals surface area (Å²) in [7, 11) is 0. The van der Waals surface area contributed by atoms with E-state index < -0.39 is 0 Å². The molecule has 0 spiro atoms. The molecule has 0 atom stereocenters. The Morgan fingerprint density at radius 2 is 0.875 bits per heavy atom. The third-order valence-electron chi connectivity index (χ3n) is 7.99. The summed E-state index contributed by atoms with van der Waals surface area (Å²) >= 11 is 0. The second-order valence-corrected chi connectivity index (χ2v) is 10.3. The zero-order valence-corrected chi connectivity index (χ0v) is 20.1. The van der Waals surface area contributed by atoms with Crippen molar-refractivity contribution >= 4 is 0 Å². The first kappa shape index (κ1) is 21.5. The summed E-state index contributed by atoms with van der Waals surface area (Å²) in [6, 6.07) is 19.3. The quantitative estimate of drug-likeness (QED) is 0.295. The fourth-order valence-electron chi connectivity index (χ4n) is 5.57. The largest absolute Gasteiger partial charge is 0.0588 e. The maximum Gasteiger partial charge on any atom is -0.0235 e. The lowest BCUT2D eigenvalue weighted by molar-refractivity contribution is 0.720. The Kier molecular flexibility index (Phi) is 6.49. The minimum Gasteiger partial charge on any atom is -0.0588 e. The summed E-state index contributed by atoms with van der Waals surface area (Å²) < 4.78 is 0. The molecule has 0 nitrogen and oxygen atoms in total. The number of hydrogen-bond acceptors (Lipinski definition) is 0. The molecule has 0 heterocycles. The summed E-state index contributed by atoms with van der Waals surface area (Å²) in [4.78, 5) is 0. The standard InChI is InChI=1S/C32H38/c1-23-19-30(10-6-4-8-26-12-14-28-16-18-32(28)22-26)24(2)20-29(23)9-5-3-7-25-11-13-27-15-17-31(27)21-25/h11-14,19-22H,3-10,15-18H2,1-2H3. The Labute approximate surface area is 195 Å². The van der Waals surface area contributed by atoms with Crippen molar-refractivity contribution in [1.82, 2.24) is 0 Å². The van der Waals surface area contributed by atoms with Crippen molar-refractivity contribution in [2.24, 2.45) is 0 Å². The molecule has 0 aliphatic heterocycles. The van der Waals surface area contributed by atoms with Gasteiger partial charge in [-0.1, -0.05) is 48.5 Å². The second-order valence-electron chi connectivity index (χ2n) is 10.3. The Morgan fingerprint density at radius 1 is 0.469 bits per heavy atom. The molecule has 0 amide bonds. The van der Waals surface area contributed by atoms with Gasteiger partial charge in [0.15, 0.2) is 0 Å². The van der Waals surface area contributed by atoms with E-state index in [4.69, 9.17) is 0 Å². The molecule has 0 saturated heterocycles. The van der Waals surface area contributed by atoms with Crippen LogP contribution in [0, 0.1) is 13.8 Å². The number of unbranched alkanes of at least 4 members (excludes halogenated alkanes) is 2. The van der Waals surface area contributed by atoms with Crippen LogP contribution in [-0.2, 0) is 51.4 Å². The molecule has 32 heavy (non-hydrogen) atoms. The number of rotatable bonds is 10. The van der Waals surface area contributed by atoms with Crippen LogP contribution in [0.1, 0.15) is 81.3 Å². The van der Waals surface area contributed by atoms with Crippen molar-refractivity contribution in [3.63, 3.8) is 0 Å². The van der Waals surface area contributed by atoms with Crippen molar-refractivity contribution in [2.45, 2.75) is 90.9 Å². The third-order valence-corrected chi connectivity index (χ3v) is 7.99. The van der Waals surface area contributed by atoms with Crippen molar-refractivity contribution in [3.8, 4) is 0 Å². The Bertz CT molecular complexity index is 1010. The van der Waals surface area contributed by atoms with Gasteiger partial charge in [0.25, 0.3) is 0 Å². The van der Waals surface area contributed by atoms with Gasteiger partial charge in [0, 0.05) is 0 Å². The normalized spacial score (nSPS) is 13.8. The highest BCUT2D eigenvalue weighted by atomic mass is 14.2. The highest BCUT2D eigenvalue weighted by molar-refractivity contribution is 5.40. The van der Waals surface area contributed by atoms with Crippen LogP contribution in [0.2, 0.25) is 0 Å². The van der Waals surface area contributed by atoms with E-state index in [1.165, 1.54) is 99.3 Å². The monoisotopic (exact) mass is 422 g/mol. The average molecular weight is 423 g/mol. The van der Waals surface area contributed by atoms with Gasteiger partial charge >= 0.3 is 0 Å². The highest BCUT2D eigenvalue weighted by Gasteiger charge is 2.13. The van der Waals surface area contributed by atoms with Crippen LogP contribution >= 0.6 is 0 Å². The van der Waals surface area contributed by atoms with E-state index in [-0.39, 0.29) is 0 Å². The van der Waals surface area contributed by atoms with Gasteiger partial charge in [-0.2, -0.15) is 0 Å². The fourth-order valence-corrected chi connectivity index (χ4v) is 5.57. The first-order valence-electron chi connectivity index (χ1n) is 13.0. The first-order valence-corrected chi connectivity index (χ1v) is 13.0. The van der Waals surface area contributed by atoms with E-state index in [2.05, 4.69) is 62.4 Å². The summed E-state index contributed by atoms with van der Waals surface area (Å²) in [5.41, 5.74) is 15.5. The smallest absolute Gasteiger partial charge is 0.0235 e. The number of fused-ring (bicyclic) bond motifs is 2. The summed E-state index contributed by atoms with van der Waals surface area (Å²) in [6.45, 7) is 4.63. The van der Waals surface area contributed by atoms with E-state index in [1.54, 1.807) is 33.4 Å². The maximum absolute atomic E-state index is 2.48. The molecule has 166 valence electrons. The number of hydrogen-bond donors (Lipinski definition) is 0. The van der Waals surface area contributed by atoms with Crippen molar-refractivity contribution in [1.29, 1.82) is 0 Å². The molecule has 0 radical (unpaired) electrons. The molecule has 2 aliphatic rings. The van der Waals surface area contributed by atoms with Crippen LogP contribution in [0.3, 0.4) is 0 Å². The molecule has 0 saturated carbocycles. The van der Waals surface area contributed by atoms with Gasteiger partial charge in [-0.25, -0.2) is 0 Å². The summed E-state index contributed by atoms with van der Waals surface area (Å²) in [6.07, 6.45) is 15.2. The Hall–Kier alpha value is -2.34. The predicted molar refractivity (Wildman–Crippen MR) is 137 cm³/mol. The lowest BCUT2D eigenvalue weighted by atomic mass is 9.86. The van der Waals surface area contributed by atoms with E-state index >= 15 is 0 Å². The first-order chi connectivity index (χ1) is 15.7. The van der Waals surface area contributed by atoms with Crippen LogP contribution in [0.5, 0.6) is 0 Å². The van der Waals surface area contributed by atoms with Crippen LogP contribution in [-0.4, -0.2) is 0 Å². The molecule has 0 N–H and O–H groups in total. The molecule has 3 aromatic rings. The summed E-state index contributed by atoms with van der Waals surface area (Å²) in [5.74, 6) is 0. The van der Waals surface area contributed by atoms with Crippen LogP contribution in [0.4, 0.5) is 0 Å².